The topological polar surface area (TPSA) is 78.9 Å². The van der Waals surface area contributed by atoms with Crippen LogP contribution in [-0.2, 0) is 28.6 Å². The minimum absolute atomic E-state index is 0.0989. The smallest absolute Gasteiger partial charge is 0.306 e. The van der Waals surface area contributed by atoms with Crippen LogP contribution in [0.5, 0.6) is 0 Å². The molecule has 0 radical (unpaired) electrons. The molecule has 0 fully saturated rings. The monoisotopic (exact) mass is 1070 g/mol. The molecule has 0 N–H and O–H groups in total. The van der Waals surface area contributed by atoms with Gasteiger partial charge in [-0.3, -0.25) is 14.4 Å². The molecule has 0 heterocycles. The van der Waals surface area contributed by atoms with Crippen molar-refractivity contribution in [3.8, 4) is 0 Å². The first-order valence-corrected chi connectivity index (χ1v) is 32.0. The Kier molecular flexibility index (Phi) is 60.8. The van der Waals surface area contributed by atoms with Crippen molar-refractivity contribution >= 4 is 17.9 Å². The van der Waals surface area contributed by atoms with E-state index in [4.69, 9.17) is 14.2 Å². The normalized spacial score (nSPS) is 12.9. The minimum atomic E-state index is -0.806. The number of rotatable bonds is 57. The van der Waals surface area contributed by atoms with Crippen LogP contribution in [0.2, 0.25) is 0 Å². The van der Waals surface area contributed by atoms with E-state index in [1.807, 2.05) is 0 Å². The fraction of sp³-hybridized carbons (Fsp3) is 0.676. The molecule has 0 rings (SSSR count). The average Bonchev–Trinajstić information content (AvgIpc) is 3.43. The van der Waals surface area contributed by atoms with Crippen LogP contribution in [0.25, 0.3) is 0 Å². The molecule has 0 aliphatic heterocycles. The number of hydrogen-bond donors (Lipinski definition) is 0. The van der Waals surface area contributed by atoms with Crippen molar-refractivity contribution in [3.05, 3.63) is 122 Å². The van der Waals surface area contributed by atoms with Gasteiger partial charge in [0.1, 0.15) is 13.2 Å². The van der Waals surface area contributed by atoms with E-state index in [2.05, 4.69) is 142 Å². The van der Waals surface area contributed by atoms with E-state index < -0.39 is 6.10 Å². The van der Waals surface area contributed by atoms with E-state index in [1.54, 1.807) is 0 Å². The summed E-state index contributed by atoms with van der Waals surface area (Å²) in [4.78, 5) is 38.3. The zero-order chi connectivity index (χ0) is 55.7. The minimum Gasteiger partial charge on any atom is -0.462 e. The van der Waals surface area contributed by atoms with Crippen LogP contribution in [0, 0.1) is 0 Å². The lowest BCUT2D eigenvalue weighted by atomic mass is 10.0. The second kappa shape index (κ2) is 64.3. The second-order valence-corrected chi connectivity index (χ2v) is 20.9. The molecule has 1 atom stereocenters. The lowest BCUT2D eigenvalue weighted by molar-refractivity contribution is -0.167. The third-order valence-electron chi connectivity index (χ3n) is 13.4. The van der Waals surface area contributed by atoms with E-state index in [0.29, 0.717) is 19.3 Å². The van der Waals surface area contributed by atoms with Gasteiger partial charge in [-0.1, -0.05) is 264 Å². The van der Waals surface area contributed by atoms with Gasteiger partial charge in [0.05, 0.1) is 0 Å². The molecule has 1 unspecified atom stereocenters. The van der Waals surface area contributed by atoms with Gasteiger partial charge in [0.15, 0.2) is 6.10 Å². The fourth-order valence-electron chi connectivity index (χ4n) is 8.69. The van der Waals surface area contributed by atoms with Crippen molar-refractivity contribution in [2.75, 3.05) is 13.2 Å². The van der Waals surface area contributed by atoms with E-state index in [-0.39, 0.29) is 37.5 Å². The van der Waals surface area contributed by atoms with Gasteiger partial charge >= 0.3 is 17.9 Å². The van der Waals surface area contributed by atoms with Gasteiger partial charge in [0.25, 0.3) is 0 Å². The lowest BCUT2D eigenvalue weighted by Crippen LogP contribution is -2.30. The molecule has 0 aliphatic rings. The zero-order valence-corrected chi connectivity index (χ0v) is 50.2. The highest BCUT2D eigenvalue weighted by Crippen LogP contribution is 2.16. The van der Waals surface area contributed by atoms with Crippen molar-refractivity contribution in [3.63, 3.8) is 0 Å². The van der Waals surface area contributed by atoms with Gasteiger partial charge < -0.3 is 14.2 Å². The Bertz CT molecular complexity index is 1600. The number of ether oxygens (including phenoxy) is 3. The van der Waals surface area contributed by atoms with Crippen LogP contribution in [-0.4, -0.2) is 37.2 Å². The van der Waals surface area contributed by atoms with Gasteiger partial charge in [-0.2, -0.15) is 0 Å². The summed E-state index contributed by atoms with van der Waals surface area (Å²) < 4.78 is 16.9. The molecule has 0 spiro atoms. The Hall–Kier alpha value is -4.19. The van der Waals surface area contributed by atoms with Gasteiger partial charge in [0, 0.05) is 19.3 Å². The maximum absolute atomic E-state index is 12.9. The maximum Gasteiger partial charge on any atom is 0.306 e. The van der Waals surface area contributed by atoms with Crippen molar-refractivity contribution in [2.45, 2.75) is 297 Å². The molecule has 0 aliphatic carbocycles. The Morgan fingerprint density at radius 2 is 0.506 bits per heavy atom. The van der Waals surface area contributed by atoms with Crippen molar-refractivity contribution < 1.29 is 28.6 Å². The highest BCUT2D eigenvalue weighted by molar-refractivity contribution is 5.71. The van der Waals surface area contributed by atoms with E-state index in [0.717, 1.165) is 116 Å². The third-order valence-corrected chi connectivity index (χ3v) is 13.4. The summed E-state index contributed by atoms with van der Waals surface area (Å²) in [7, 11) is 0. The first-order valence-electron chi connectivity index (χ1n) is 32.0. The van der Waals surface area contributed by atoms with Crippen molar-refractivity contribution in [2.24, 2.45) is 0 Å². The van der Waals surface area contributed by atoms with Crippen LogP contribution in [0.4, 0.5) is 0 Å². The van der Waals surface area contributed by atoms with Gasteiger partial charge in [-0.25, -0.2) is 0 Å². The predicted octanol–water partition coefficient (Wildman–Crippen LogP) is 22.0. The first-order chi connectivity index (χ1) is 38.0. The van der Waals surface area contributed by atoms with Crippen LogP contribution in [0.1, 0.15) is 290 Å². The highest BCUT2D eigenvalue weighted by atomic mass is 16.6. The predicted molar refractivity (Wildman–Crippen MR) is 334 cm³/mol. The van der Waals surface area contributed by atoms with Gasteiger partial charge in [0.2, 0.25) is 0 Å². The standard InChI is InChI=1S/C71H118O6/c1-4-7-10-13-16-19-22-25-28-29-30-31-32-33-34-35-36-37-38-39-40-41-44-46-49-52-55-58-61-64-70(73)76-67-68(77-71(74)65-62-59-56-53-50-47-43-27-24-21-18-15-12-9-6-3)66-75-69(72)63-60-57-54-51-48-45-42-26-23-20-17-14-11-8-5-2/h7,9-10,12,16,18-19,21,25-28,30-31,33-34,42-43,50,53,68H,4-6,8,11,13-15,17,20,22-24,29,32,35-41,44-49,51-52,54-67H2,1-3H3/b10-7-,12-9-,19-16-,21-18-,28-25-,31-30-,34-33-,42-26-,43-27-,53-50-. The fourth-order valence-corrected chi connectivity index (χ4v) is 8.69. The molecule has 0 aromatic carbocycles. The number of carbonyl (C=O) groups is 3. The number of unbranched alkanes of at least 4 members (excludes halogenated alkanes) is 26. The summed E-state index contributed by atoms with van der Waals surface area (Å²) in [6, 6.07) is 0. The molecular weight excluding hydrogens is 949 g/mol. The van der Waals surface area contributed by atoms with Crippen LogP contribution in [0.15, 0.2) is 122 Å². The van der Waals surface area contributed by atoms with Gasteiger partial charge in [-0.05, 0) is 128 Å². The largest absolute Gasteiger partial charge is 0.462 e. The molecule has 438 valence electrons. The van der Waals surface area contributed by atoms with Gasteiger partial charge in [-0.15, -0.1) is 0 Å². The number of esters is 3. The van der Waals surface area contributed by atoms with E-state index >= 15 is 0 Å². The average molecular weight is 1070 g/mol. The Balaban J connectivity index is 4.31. The van der Waals surface area contributed by atoms with Crippen LogP contribution >= 0.6 is 0 Å². The summed E-state index contributed by atoms with van der Waals surface area (Å²) in [6.07, 6.45) is 89.3. The molecule has 0 amide bonds. The van der Waals surface area contributed by atoms with Crippen LogP contribution < -0.4 is 0 Å². The zero-order valence-electron chi connectivity index (χ0n) is 50.2. The quantitative estimate of drug-likeness (QED) is 0.0261. The second-order valence-electron chi connectivity index (χ2n) is 20.9. The van der Waals surface area contributed by atoms with Crippen LogP contribution in [0.3, 0.4) is 0 Å². The number of carbonyl (C=O) groups excluding carboxylic acids is 3. The maximum atomic E-state index is 12.9. The summed E-state index contributed by atoms with van der Waals surface area (Å²) >= 11 is 0. The number of hydrogen-bond acceptors (Lipinski definition) is 6. The molecule has 0 bridgehead atoms. The first kappa shape index (κ1) is 72.8. The number of allylic oxidation sites excluding steroid dienone is 20. The summed E-state index contributed by atoms with van der Waals surface area (Å²) in [6.45, 7) is 6.38. The Labute approximate surface area is 475 Å². The van der Waals surface area contributed by atoms with E-state index in [9.17, 15) is 14.4 Å². The van der Waals surface area contributed by atoms with Crippen molar-refractivity contribution in [1.29, 1.82) is 0 Å². The lowest BCUT2D eigenvalue weighted by Gasteiger charge is -2.18. The molecule has 0 aromatic rings. The Morgan fingerprint density at radius 3 is 0.831 bits per heavy atom. The molecule has 6 heteroatoms. The SMILES string of the molecule is CC/C=C\C/C=C\C/C=C\C/C=C\C/C=C\CCCCCCCCCCCCCCCC(=O)OCC(COC(=O)CCCCCCC/C=C\CCCCCCCC)OC(=O)CCCC/C=C\C/C=C\C/C=C\C/C=C\CC. The molecular formula is C71H118O6. The summed E-state index contributed by atoms with van der Waals surface area (Å²) in [5.74, 6) is -0.946. The van der Waals surface area contributed by atoms with E-state index in [1.165, 1.54) is 128 Å². The Morgan fingerprint density at radius 1 is 0.273 bits per heavy atom. The van der Waals surface area contributed by atoms with Crippen molar-refractivity contribution in [1.82, 2.24) is 0 Å². The molecule has 0 aromatic heterocycles. The molecule has 0 saturated carbocycles. The summed E-state index contributed by atoms with van der Waals surface area (Å²) in [5.41, 5.74) is 0. The summed E-state index contributed by atoms with van der Waals surface area (Å²) in [5, 5.41) is 0. The third kappa shape index (κ3) is 62.5. The molecule has 77 heavy (non-hydrogen) atoms. The molecule has 6 nitrogen and oxygen atoms in total. The molecule has 0 saturated heterocycles. The highest BCUT2D eigenvalue weighted by Gasteiger charge is 2.19.